The smallest absolute Gasteiger partial charge is 0.248 e. The summed E-state index contributed by atoms with van der Waals surface area (Å²) in [6, 6.07) is 0.115. The van der Waals surface area contributed by atoms with Crippen LogP contribution in [0.4, 0.5) is 0 Å². The second-order valence-electron chi connectivity index (χ2n) is 5.24. The normalized spacial score (nSPS) is 30.3. The van der Waals surface area contributed by atoms with Crippen molar-refractivity contribution in [3.63, 3.8) is 0 Å². The average Bonchev–Trinajstić information content (AvgIpc) is 2.78. The predicted molar refractivity (Wildman–Crippen MR) is 66.6 cm³/mol. The summed E-state index contributed by atoms with van der Waals surface area (Å²) in [5.41, 5.74) is 6.07. The molecule has 1 amide bonds. The Morgan fingerprint density at radius 2 is 1.82 bits per heavy atom. The second-order valence-corrected chi connectivity index (χ2v) is 5.24. The van der Waals surface area contributed by atoms with Crippen LogP contribution in [-0.4, -0.2) is 42.6 Å². The van der Waals surface area contributed by atoms with Crippen molar-refractivity contribution in [2.45, 2.75) is 57.1 Å². The summed E-state index contributed by atoms with van der Waals surface area (Å²) in [6.07, 6.45) is 8.01. The van der Waals surface area contributed by atoms with Crippen molar-refractivity contribution < 1.29 is 9.53 Å². The molecule has 2 N–H and O–H groups in total. The Morgan fingerprint density at radius 3 is 2.59 bits per heavy atom. The molecule has 2 aliphatic rings. The van der Waals surface area contributed by atoms with E-state index in [0.717, 1.165) is 38.8 Å². The van der Waals surface area contributed by atoms with Gasteiger partial charge < -0.3 is 15.4 Å². The van der Waals surface area contributed by atoms with Crippen LogP contribution in [0.2, 0.25) is 0 Å². The summed E-state index contributed by atoms with van der Waals surface area (Å²) < 4.78 is 5.73. The van der Waals surface area contributed by atoms with Gasteiger partial charge >= 0.3 is 0 Å². The number of carbonyl (C=O) groups excluding carboxylic acids is 1. The molecule has 4 nitrogen and oxygen atoms in total. The van der Waals surface area contributed by atoms with Crippen LogP contribution in [0.15, 0.2) is 0 Å². The number of nitrogens with zero attached hydrogens (tertiary/aromatic N) is 1. The molecule has 0 aromatic carbocycles. The molecule has 17 heavy (non-hydrogen) atoms. The monoisotopic (exact) mass is 240 g/mol. The molecule has 0 aromatic rings. The number of amides is 1. The Bertz CT molecular complexity index is 252. The SMILES string of the molecule is NC1CCCCCC1OCC(=O)N1CCCC1. The summed E-state index contributed by atoms with van der Waals surface area (Å²) in [7, 11) is 0. The van der Waals surface area contributed by atoms with Crippen LogP contribution in [0.25, 0.3) is 0 Å². The summed E-state index contributed by atoms with van der Waals surface area (Å²) in [4.78, 5) is 13.7. The fourth-order valence-electron chi connectivity index (χ4n) is 2.75. The van der Waals surface area contributed by atoms with Gasteiger partial charge in [0.2, 0.25) is 5.91 Å². The molecule has 4 heteroatoms. The zero-order chi connectivity index (χ0) is 12.1. The van der Waals surface area contributed by atoms with Crippen molar-refractivity contribution in [1.29, 1.82) is 0 Å². The van der Waals surface area contributed by atoms with Gasteiger partial charge in [0.15, 0.2) is 0 Å². The first kappa shape index (κ1) is 12.8. The van der Waals surface area contributed by atoms with E-state index < -0.39 is 0 Å². The van der Waals surface area contributed by atoms with Crippen LogP contribution in [0.5, 0.6) is 0 Å². The van der Waals surface area contributed by atoms with E-state index in [-0.39, 0.29) is 24.7 Å². The zero-order valence-electron chi connectivity index (χ0n) is 10.6. The first-order valence-electron chi connectivity index (χ1n) is 6.92. The van der Waals surface area contributed by atoms with Crippen LogP contribution >= 0.6 is 0 Å². The molecule has 98 valence electrons. The lowest BCUT2D eigenvalue weighted by atomic mass is 10.1. The molecule has 1 saturated carbocycles. The predicted octanol–water partition coefficient (Wildman–Crippen LogP) is 1.29. The number of carbonyl (C=O) groups is 1. The fourth-order valence-corrected chi connectivity index (χ4v) is 2.75. The molecule has 2 rings (SSSR count). The van der Waals surface area contributed by atoms with E-state index in [1.807, 2.05) is 4.90 Å². The average molecular weight is 240 g/mol. The minimum absolute atomic E-state index is 0.0871. The molecule has 2 fully saturated rings. The molecule has 1 heterocycles. The highest BCUT2D eigenvalue weighted by Gasteiger charge is 2.24. The van der Waals surface area contributed by atoms with Gasteiger partial charge in [-0.15, -0.1) is 0 Å². The van der Waals surface area contributed by atoms with Crippen LogP contribution < -0.4 is 5.73 Å². The van der Waals surface area contributed by atoms with Crippen molar-refractivity contribution in [1.82, 2.24) is 4.90 Å². The highest BCUT2D eigenvalue weighted by atomic mass is 16.5. The summed E-state index contributed by atoms with van der Waals surface area (Å²) >= 11 is 0. The van der Waals surface area contributed by atoms with Gasteiger partial charge in [0.25, 0.3) is 0 Å². The largest absolute Gasteiger partial charge is 0.367 e. The standard InChI is InChI=1S/C13H24N2O2/c14-11-6-2-1-3-7-12(11)17-10-13(16)15-8-4-5-9-15/h11-12H,1-10,14H2. The molecule has 2 atom stereocenters. The van der Waals surface area contributed by atoms with E-state index in [0.29, 0.717) is 0 Å². The van der Waals surface area contributed by atoms with Crippen LogP contribution in [0.3, 0.4) is 0 Å². The van der Waals surface area contributed by atoms with Gasteiger partial charge in [-0.05, 0) is 25.7 Å². The number of nitrogens with two attached hydrogens (primary N) is 1. The highest BCUT2D eigenvalue weighted by molar-refractivity contribution is 5.77. The summed E-state index contributed by atoms with van der Waals surface area (Å²) in [5.74, 6) is 0.138. The van der Waals surface area contributed by atoms with Crippen molar-refractivity contribution in [2.75, 3.05) is 19.7 Å². The molecule has 2 unspecified atom stereocenters. The lowest BCUT2D eigenvalue weighted by molar-refractivity contribution is -0.137. The molecule has 1 saturated heterocycles. The van der Waals surface area contributed by atoms with Crippen LogP contribution in [0.1, 0.15) is 44.9 Å². The quantitative estimate of drug-likeness (QED) is 0.756. The highest BCUT2D eigenvalue weighted by Crippen LogP contribution is 2.19. The molecule has 1 aliphatic heterocycles. The molecule has 0 bridgehead atoms. The van der Waals surface area contributed by atoms with Crippen molar-refractivity contribution in [3.05, 3.63) is 0 Å². The first-order chi connectivity index (χ1) is 8.27. The Hall–Kier alpha value is -0.610. The molecular weight excluding hydrogens is 216 g/mol. The molecular formula is C13H24N2O2. The molecule has 0 spiro atoms. The second kappa shape index (κ2) is 6.36. The Kier molecular flexibility index (Phi) is 4.80. The van der Waals surface area contributed by atoms with Gasteiger partial charge in [0.1, 0.15) is 6.61 Å². The summed E-state index contributed by atoms with van der Waals surface area (Å²) in [5, 5.41) is 0. The Balaban J connectivity index is 1.73. The molecule has 0 aromatic heterocycles. The van der Waals surface area contributed by atoms with E-state index in [9.17, 15) is 4.79 Å². The van der Waals surface area contributed by atoms with E-state index >= 15 is 0 Å². The third kappa shape index (κ3) is 3.68. The van der Waals surface area contributed by atoms with Gasteiger partial charge in [-0.25, -0.2) is 0 Å². The van der Waals surface area contributed by atoms with Crippen molar-refractivity contribution >= 4 is 5.91 Å². The van der Waals surface area contributed by atoms with Crippen LogP contribution in [0, 0.1) is 0 Å². The maximum Gasteiger partial charge on any atom is 0.248 e. The number of hydrogen-bond acceptors (Lipinski definition) is 3. The Morgan fingerprint density at radius 1 is 1.12 bits per heavy atom. The third-order valence-electron chi connectivity index (χ3n) is 3.88. The van der Waals surface area contributed by atoms with Crippen molar-refractivity contribution in [3.8, 4) is 0 Å². The lowest BCUT2D eigenvalue weighted by Gasteiger charge is -2.23. The van der Waals surface area contributed by atoms with Gasteiger partial charge in [-0.1, -0.05) is 19.3 Å². The van der Waals surface area contributed by atoms with Gasteiger partial charge in [-0.3, -0.25) is 4.79 Å². The summed E-state index contributed by atoms with van der Waals surface area (Å²) in [6.45, 7) is 2.02. The van der Waals surface area contributed by atoms with Gasteiger partial charge in [0, 0.05) is 19.1 Å². The molecule has 1 aliphatic carbocycles. The van der Waals surface area contributed by atoms with E-state index in [1.165, 1.54) is 19.3 Å². The fraction of sp³-hybridized carbons (Fsp3) is 0.923. The first-order valence-corrected chi connectivity index (χ1v) is 6.92. The number of rotatable bonds is 3. The topological polar surface area (TPSA) is 55.6 Å². The zero-order valence-corrected chi connectivity index (χ0v) is 10.6. The Labute approximate surface area is 103 Å². The van der Waals surface area contributed by atoms with Gasteiger partial charge in [0.05, 0.1) is 6.10 Å². The van der Waals surface area contributed by atoms with E-state index in [2.05, 4.69) is 0 Å². The third-order valence-corrected chi connectivity index (χ3v) is 3.88. The minimum atomic E-state index is 0.0871. The number of ether oxygens (including phenoxy) is 1. The number of likely N-dealkylation sites (tertiary alicyclic amines) is 1. The van der Waals surface area contributed by atoms with Crippen LogP contribution in [-0.2, 0) is 9.53 Å². The molecule has 0 radical (unpaired) electrons. The maximum absolute atomic E-state index is 11.8. The van der Waals surface area contributed by atoms with Crippen molar-refractivity contribution in [2.24, 2.45) is 5.73 Å². The van der Waals surface area contributed by atoms with E-state index in [1.54, 1.807) is 0 Å². The minimum Gasteiger partial charge on any atom is -0.367 e. The maximum atomic E-state index is 11.8. The van der Waals surface area contributed by atoms with Gasteiger partial charge in [-0.2, -0.15) is 0 Å². The number of hydrogen-bond donors (Lipinski definition) is 1. The van der Waals surface area contributed by atoms with E-state index in [4.69, 9.17) is 10.5 Å². The lowest BCUT2D eigenvalue weighted by Crippen LogP contribution is -2.39.